The van der Waals surface area contributed by atoms with Gasteiger partial charge in [-0.3, -0.25) is 0 Å². The van der Waals surface area contributed by atoms with Crippen LogP contribution in [0.2, 0.25) is 0 Å². The average molecular weight is 203 g/mol. The number of aryl methyl sites for hydroxylation is 1. The first-order valence-corrected chi connectivity index (χ1v) is 4.82. The summed E-state index contributed by atoms with van der Waals surface area (Å²) in [5.41, 5.74) is 7.97. The van der Waals surface area contributed by atoms with Gasteiger partial charge in [0.15, 0.2) is 0 Å². The highest BCUT2D eigenvalue weighted by molar-refractivity contribution is 5.13. The van der Waals surface area contributed by atoms with Crippen LogP contribution in [0.1, 0.15) is 23.1 Å². The Morgan fingerprint density at radius 2 is 2.33 bits per heavy atom. The molecule has 0 spiro atoms. The maximum atomic E-state index is 6.02. The Labute approximate surface area is 88.2 Å². The predicted molar refractivity (Wildman–Crippen MR) is 56.1 cm³/mol. The van der Waals surface area contributed by atoms with Crippen molar-refractivity contribution in [3.63, 3.8) is 0 Å². The van der Waals surface area contributed by atoms with E-state index in [0.717, 1.165) is 23.5 Å². The van der Waals surface area contributed by atoms with E-state index in [9.17, 15) is 0 Å². The normalized spacial score (nSPS) is 12.7. The first-order chi connectivity index (χ1) is 7.25. The van der Waals surface area contributed by atoms with Crippen LogP contribution in [0, 0.1) is 6.92 Å². The molecule has 1 unspecified atom stereocenters. The number of nitrogens with two attached hydrogens (primary N) is 1. The third kappa shape index (κ3) is 2.41. The molecule has 0 aliphatic rings. The lowest BCUT2D eigenvalue weighted by atomic mass is 10.1. The van der Waals surface area contributed by atoms with Crippen molar-refractivity contribution in [2.45, 2.75) is 19.4 Å². The molecule has 0 bridgehead atoms. The molecule has 2 heterocycles. The van der Waals surface area contributed by atoms with Gasteiger partial charge in [0.05, 0.1) is 24.3 Å². The van der Waals surface area contributed by atoms with E-state index < -0.39 is 0 Å². The number of furan rings is 1. The molecule has 0 aromatic carbocycles. The molecule has 1 atom stereocenters. The van der Waals surface area contributed by atoms with Crippen molar-refractivity contribution in [1.29, 1.82) is 0 Å². The number of rotatable bonds is 3. The van der Waals surface area contributed by atoms with E-state index in [-0.39, 0.29) is 6.04 Å². The molecule has 0 amide bonds. The molecule has 78 valence electrons. The number of hydrogen-bond donors (Lipinski definition) is 1. The van der Waals surface area contributed by atoms with Crippen LogP contribution in [0.3, 0.4) is 0 Å². The maximum absolute atomic E-state index is 6.02. The standard InChI is InChI=1S/C11H13N3O/c1-8-13-4-2-11(14-8)10(12)6-9-3-5-15-7-9/h2-5,7,10H,6,12H2,1H3. The highest BCUT2D eigenvalue weighted by Crippen LogP contribution is 2.13. The summed E-state index contributed by atoms with van der Waals surface area (Å²) in [5, 5.41) is 0. The second kappa shape index (κ2) is 4.23. The van der Waals surface area contributed by atoms with E-state index in [0.29, 0.717) is 0 Å². The smallest absolute Gasteiger partial charge is 0.125 e. The van der Waals surface area contributed by atoms with E-state index in [2.05, 4.69) is 9.97 Å². The molecule has 0 aliphatic heterocycles. The second-order valence-electron chi connectivity index (χ2n) is 3.47. The third-order valence-corrected chi connectivity index (χ3v) is 2.21. The van der Waals surface area contributed by atoms with E-state index in [4.69, 9.17) is 10.2 Å². The predicted octanol–water partition coefficient (Wildman–Crippen LogP) is 1.62. The Morgan fingerprint density at radius 1 is 1.47 bits per heavy atom. The minimum Gasteiger partial charge on any atom is -0.472 e. The summed E-state index contributed by atoms with van der Waals surface area (Å²) in [6, 6.07) is 3.65. The summed E-state index contributed by atoms with van der Waals surface area (Å²) in [6.45, 7) is 1.86. The molecule has 2 N–H and O–H groups in total. The van der Waals surface area contributed by atoms with E-state index >= 15 is 0 Å². The minimum absolute atomic E-state index is 0.107. The molecule has 4 nitrogen and oxygen atoms in total. The molecule has 0 aliphatic carbocycles. The van der Waals surface area contributed by atoms with Gasteiger partial charge in [-0.15, -0.1) is 0 Å². The molecular formula is C11H13N3O. The maximum Gasteiger partial charge on any atom is 0.125 e. The topological polar surface area (TPSA) is 64.9 Å². The fourth-order valence-corrected chi connectivity index (χ4v) is 1.45. The molecule has 0 fully saturated rings. The minimum atomic E-state index is -0.107. The van der Waals surface area contributed by atoms with Crippen molar-refractivity contribution in [1.82, 2.24) is 9.97 Å². The van der Waals surface area contributed by atoms with E-state index in [1.807, 2.05) is 19.1 Å². The zero-order chi connectivity index (χ0) is 10.7. The first-order valence-electron chi connectivity index (χ1n) is 4.82. The van der Waals surface area contributed by atoms with Gasteiger partial charge in [0.25, 0.3) is 0 Å². The van der Waals surface area contributed by atoms with Gasteiger partial charge in [0.2, 0.25) is 0 Å². The van der Waals surface area contributed by atoms with Crippen molar-refractivity contribution in [3.05, 3.63) is 47.9 Å². The van der Waals surface area contributed by atoms with Gasteiger partial charge in [-0.2, -0.15) is 0 Å². The van der Waals surface area contributed by atoms with Crippen LogP contribution in [0.15, 0.2) is 35.3 Å². The Bertz CT molecular complexity index is 425. The van der Waals surface area contributed by atoms with Gasteiger partial charge in [-0.1, -0.05) is 0 Å². The summed E-state index contributed by atoms with van der Waals surface area (Å²) in [7, 11) is 0. The average Bonchev–Trinajstić information content (AvgIpc) is 2.70. The molecule has 2 rings (SSSR count). The largest absolute Gasteiger partial charge is 0.472 e. The summed E-state index contributed by atoms with van der Waals surface area (Å²) in [6.07, 6.45) is 5.81. The lowest BCUT2D eigenvalue weighted by Crippen LogP contribution is -2.15. The summed E-state index contributed by atoms with van der Waals surface area (Å²) < 4.78 is 4.99. The number of nitrogens with zero attached hydrogens (tertiary/aromatic N) is 2. The molecule has 2 aromatic rings. The number of hydrogen-bond acceptors (Lipinski definition) is 4. The Balaban J connectivity index is 2.11. The highest BCUT2D eigenvalue weighted by Gasteiger charge is 2.09. The Morgan fingerprint density at radius 3 is 3.00 bits per heavy atom. The van der Waals surface area contributed by atoms with Gasteiger partial charge in [-0.25, -0.2) is 9.97 Å². The summed E-state index contributed by atoms with van der Waals surface area (Å²) in [4.78, 5) is 8.32. The molecule has 0 saturated carbocycles. The van der Waals surface area contributed by atoms with E-state index in [1.54, 1.807) is 18.7 Å². The lowest BCUT2D eigenvalue weighted by molar-refractivity contribution is 0.560. The van der Waals surface area contributed by atoms with E-state index in [1.165, 1.54) is 0 Å². The summed E-state index contributed by atoms with van der Waals surface area (Å²) >= 11 is 0. The van der Waals surface area contributed by atoms with Crippen LogP contribution in [0.25, 0.3) is 0 Å². The summed E-state index contributed by atoms with van der Waals surface area (Å²) in [5.74, 6) is 0.746. The van der Waals surface area contributed by atoms with Crippen molar-refractivity contribution in [2.24, 2.45) is 5.73 Å². The van der Waals surface area contributed by atoms with Gasteiger partial charge in [0.1, 0.15) is 5.82 Å². The molecule has 0 saturated heterocycles. The van der Waals surface area contributed by atoms with Gasteiger partial charge in [-0.05, 0) is 31.0 Å². The molecule has 4 heteroatoms. The van der Waals surface area contributed by atoms with Crippen molar-refractivity contribution < 1.29 is 4.42 Å². The van der Waals surface area contributed by atoms with Gasteiger partial charge < -0.3 is 10.2 Å². The van der Waals surface area contributed by atoms with Gasteiger partial charge in [0, 0.05) is 6.20 Å². The van der Waals surface area contributed by atoms with Crippen molar-refractivity contribution in [3.8, 4) is 0 Å². The fraction of sp³-hybridized carbons (Fsp3) is 0.273. The third-order valence-electron chi connectivity index (χ3n) is 2.21. The fourth-order valence-electron chi connectivity index (χ4n) is 1.45. The highest BCUT2D eigenvalue weighted by atomic mass is 16.3. The second-order valence-corrected chi connectivity index (χ2v) is 3.47. The van der Waals surface area contributed by atoms with Crippen LogP contribution in [0.5, 0.6) is 0 Å². The quantitative estimate of drug-likeness (QED) is 0.823. The van der Waals surface area contributed by atoms with Crippen LogP contribution in [-0.4, -0.2) is 9.97 Å². The lowest BCUT2D eigenvalue weighted by Gasteiger charge is -2.09. The molecule has 0 radical (unpaired) electrons. The van der Waals surface area contributed by atoms with Crippen molar-refractivity contribution >= 4 is 0 Å². The SMILES string of the molecule is Cc1nccc(C(N)Cc2ccoc2)n1. The van der Waals surface area contributed by atoms with Crippen LogP contribution in [0.4, 0.5) is 0 Å². The molecular weight excluding hydrogens is 190 g/mol. The van der Waals surface area contributed by atoms with Crippen molar-refractivity contribution in [2.75, 3.05) is 0 Å². The van der Waals surface area contributed by atoms with Crippen LogP contribution >= 0.6 is 0 Å². The number of aromatic nitrogens is 2. The zero-order valence-electron chi connectivity index (χ0n) is 8.55. The Hall–Kier alpha value is -1.68. The Kier molecular flexibility index (Phi) is 2.78. The molecule has 15 heavy (non-hydrogen) atoms. The first kappa shape index (κ1) is 9.86. The zero-order valence-corrected chi connectivity index (χ0v) is 8.55. The monoisotopic (exact) mass is 203 g/mol. The van der Waals surface area contributed by atoms with Crippen LogP contribution in [-0.2, 0) is 6.42 Å². The van der Waals surface area contributed by atoms with Gasteiger partial charge >= 0.3 is 0 Å². The molecule has 2 aromatic heterocycles. The van der Waals surface area contributed by atoms with Crippen LogP contribution < -0.4 is 5.73 Å².